The highest BCUT2D eigenvalue weighted by molar-refractivity contribution is 5.79. The van der Waals surface area contributed by atoms with E-state index in [0.717, 1.165) is 43.0 Å². The Labute approximate surface area is 133 Å². The highest BCUT2D eigenvalue weighted by Gasteiger charge is 2.05. The van der Waals surface area contributed by atoms with Gasteiger partial charge in [-0.25, -0.2) is 4.99 Å². The van der Waals surface area contributed by atoms with Crippen molar-refractivity contribution in [1.29, 1.82) is 0 Å². The summed E-state index contributed by atoms with van der Waals surface area (Å²) >= 11 is 0. The molecule has 0 saturated heterocycles. The fourth-order valence-corrected chi connectivity index (χ4v) is 1.90. The molecule has 7 heteroatoms. The van der Waals surface area contributed by atoms with E-state index in [9.17, 15) is 0 Å². The summed E-state index contributed by atoms with van der Waals surface area (Å²) in [6.45, 7) is 9.20. The lowest BCUT2D eigenvalue weighted by Gasteiger charge is -2.13. The molecule has 0 aliphatic rings. The van der Waals surface area contributed by atoms with E-state index in [4.69, 9.17) is 4.74 Å². The Balaban J connectivity index is 2.51. The lowest BCUT2D eigenvalue weighted by atomic mass is 10.1. The van der Waals surface area contributed by atoms with E-state index in [1.165, 1.54) is 6.42 Å². The van der Waals surface area contributed by atoms with Gasteiger partial charge in [0.2, 0.25) is 0 Å². The molecule has 0 amide bonds. The van der Waals surface area contributed by atoms with Crippen LogP contribution >= 0.6 is 0 Å². The van der Waals surface area contributed by atoms with Gasteiger partial charge >= 0.3 is 0 Å². The summed E-state index contributed by atoms with van der Waals surface area (Å²) in [5, 5.41) is 14.8. The number of nitrogens with zero attached hydrogens (tertiary/aromatic N) is 4. The molecule has 0 aliphatic carbocycles. The number of methoxy groups -OCH3 is 1. The molecule has 0 radical (unpaired) electrons. The van der Waals surface area contributed by atoms with Gasteiger partial charge in [0.05, 0.1) is 6.61 Å². The van der Waals surface area contributed by atoms with E-state index in [-0.39, 0.29) is 0 Å². The van der Waals surface area contributed by atoms with Crippen molar-refractivity contribution in [3.63, 3.8) is 0 Å². The summed E-state index contributed by atoms with van der Waals surface area (Å²) < 4.78 is 7.02. The molecule has 0 saturated carbocycles. The maximum Gasteiger partial charge on any atom is 0.191 e. The third-order valence-electron chi connectivity index (χ3n) is 3.41. The molecule has 0 unspecified atom stereocenters. The van der Waals surface area contributed by atoms with Gasteiger partial charge in [0, 0.05) is 27.2 Å². The second kappa shape index (κ2) is 10.2. The van der Waals surface area contributed by atoms with Crippen LogP contribution in [-0.4, -0.2) is 47.5 Å². The fourth-order valence-electron chi connectivity index (χ4n) is 1.90. The summed E-state index contributed by atoms with van der Waals surface area (Å²) in [6, 6.07) is 0. The number of aromatic nitrogens is 3. The highest BCUT2D eigenvalue weighted by atomic mass is 16.5. The van der Waals surface area contributed by atoms with E-state index in [0.29, 0.717) is 13.2 Å². The lowest BCUT2D eigenvalue weighted by molar-refractivity contribution is 0.203. The molecule has 0 bridgehead atoms. The molecule has 0 aliphatic heterocycles. The molecular weight excluding hydrogens is 280 g/mol. The van der Waals surface area contributed by atoms with Gasteiger partial charge in [-0.2, -0.15) is 0 Å². The predicted molar refractivity (Wildman–Crippen MR) is 88.8 cm³/mol. The van der Waals surface area contributed by atoms with Crippen molar-refractivity contribution in [2.75, 3.05) is 26.8 Å². The smallest absolute Gasteiger partial charge is 0.191 e. The van der Waals surface area contributed by atoms with E-state index >= 15 is 0 Å². The quantitative estimate of drug-likeness (QED) is 0.408. The van der Waals surface area contributed by atoms with Gasteiger partial charge in [-0.1, -0.05) is 13.8 Å². The first-order valence-corrected chi connectivity index (χ1v) is 7.90. The summed E-state index contributed by atoms with van der Waals surface area (Å²) in [4.78, 5) is 4.57. The van der Waals surface area contributed by atoms with E-state index in [1.54, 1.807) is 7.11 Å². The number of aliphatic imine (C=N–C) groups is 1. The normalized spacial score (nSPS) is 12.0. The van der Waals surface area contributed by atoms with Crippen molar-refractivity contribution < 1.29 is 4.74 Å². The van der Waals surface area contributed by atoms with Crippen LogP contribution in [0.4, 0.5) is 0 Å². The average molecular weight is 310 g/mol. The van der Waals surface area contributed by atoms with Crippen molar-refractivity contribution in [3.05, 3.63) is 11.6 Å². The van der Waals surface area contributed by atoms with Crippen molar-refractivity contribution in [1.82, 2.24) is 25.4 Å². The van der Waals surface area contributed by atoms with E-state index in [1.807, 2.05) is 18.5 Å². The summed E-state index contributed by atoms with van der Waals surface area (Å²) in [6.07, 6.45) is 2.34. The van der Waals surface area contributed by atoms with Gasteiger partial charge in [-0.3, -0.25) is 0 Å². The average Bonchev–Trinajstić information content (AvgIpc) is 2.80. The van der Waals surface area contributed by atoms with Crippen LogP contribution in [0.2, 0.25) is 0 Å². The number of ether oxygens (including phenoxy) is 1. The van der Waals surface area contributed by atoms with E-state index in [2.05, 4.69) is 39.7 Å². The van der Waals surface area contributed by atoms with Gasteiger partial charge in [-0.05, 0) is 25.7 Å². The van der Waals surface area contributed by atoms with Crippen molar-refractivity contribution >= 4 is 5.96 Å². The number of rotatable bonds is 9. The summed E-state index contributed by atoms with van der Waals surface area (Å²) in [5.74, 6) is 3.27. The maximum absolute atomic E-state index is 5.06. The second-order valence-electron chi connectivity index (χ2n) is 5.77. The largest absolute Gasteiger partial charge is 0.383 e. The number of nitrogens with one attached hydrogen (secondary N) is 2. The van der Waals surface area contributed by atoms with Crippen LogP contribution in [0.5, 0.6) is 0 Å². The zero-order chi connectivity index (χ0) is 16.4. The zero-order valence-corrected chi connectivity index (χ0v) is 14.5. The maximum atomic E-state index is 5.06. The Morgan fingerprint density at radius 1 is 1.27 bits per heavy atom. The zero-order valence-electron chi connectivity index (χ0n) is 14.5. The number of guanidine groups is 1. The Bertz CT molecular complexity index is 455. The second-order valence-corrected chi connectivity index (χ2v) is 5.77. The van der Waals surface area contributed by atoms with Crippen LogP contribution in [0.25, 0.3) is 0 Å². The molecule has 7 nitrogen and oxygen atoms in total. The molecule has 0 fully saturated rings. The first kappa shape index (κ1) is 18.4. The van der Waals surface area contributed by atoms with Gasteiger partial charge in [-0.15, -0.1) is 10.2 Å². The van der Waals surface area contributed by atoms with Crippen molar-refractivity contribution in [3.8, 4) is 0 Å². The SMILES string of the molecule is COCCNC(=NCc1nnc(C)n1C)NCCCC(C)C. The number of hydrogen-bond acceptors (Lipinski definition) is 4. The third kappa shape index (κ3) is 6.89. The topological polar surface area (TPSA) is 76.4 Å². The Kier molecular flexibility index (Phi) is 8.50. The minimum absolute atomic E-state index is 0.504. The highest BCUT2D eigenvalue weighted by Crippen LogP contribution is 2.02. The van der Waals surface area contributed by atoms with Crippen LogP contribution in [-0.2, 0) is 18.3 Å². The lowest BCUT2D eigenvalue weighted by Crippen LogP contribution is -2.39. The van der Waals surface area contributed by atoms with Gasteiger partial charge in [0.15, 0.2) is 11.8 Å². The molecule has 22 heavy (non-hydrogen) atoms. The predicted octanol–water partition coefficient (Wildman–Crippen LogP) is 1.24. The number of hydrogen-bond donors (Lipinski definition) is 2. The first-order valence-electron chi connectivity index (χ1n) is 7.90. The minimum Gasteiger partial charge on any atom is -0.383 e. The first-order chi connectivity index (χ1) is 10.5. The number of aryl methyl sites for hydroxylation is 1. The summed E-state index contributed by atoms with van der Waals surface area (Å²) in [7, 11) is 3.64. The third-order valence-corrected chi connectivity index (χ3v) is 3.41. The van der Waals surface area contributed by atoms with Gasteiger partial charge in [0.1, 0.15) is 12.4 Å². The van der Waals surface area contributed by atoms with Crippen LogP contribution in [0, 0.1) is 12.8 Å². The monoisotopic (exact) mass is 310 g/mol. The van der Waals surface area contributed by atoms with E-state index < -0.39 is 0 Å². The molecule has 0 aromatic carbocycles. The molecule has 126 valence electrons. The van der Waals surface area contributed by atoms with Gasteiger partial charge in [0.25, 0.3) is 0 Å². The molecular formula is C15H30N6O. The summed E-state index contributed by atoms with van der Waals surface area (Å²) in [5.41, 5.74) is 0. The molecule has 1 aromatic heterocycles. The molecule has 1 rings (SSSR count). The van der Waals surface area contributed by atoms with Gasteiger partial charge < -0.3 is 19.9 Å². The molecule has 1 aromatic rings. The Morgan fingerprint density at radius 3 is 2.59 bits per heavy atom. The van der Waals surface area contributed by atoms with Crippen molar-refractivity contribution in [2.24, 2.45) is 18.0 Å². The van der Waals surface area contributed by atoms with Crippen LogP contribution in [0.1, 0.15) is 38.3 Å². The minimum atomic E-state index is 0.504. The fraction of sp³-hybridized carbons (Fsp3) is 0.800. The molecule has 0 atom stereocenters. The standard InChI is InChI=1S/C15H30N6O/c1-12(2)7-6-8-16-15(17-9-10-22-5)18-11-14-20-19-13(3)21(14)4/h12H,6-11H2,1-5H3,(H2,16,17,18). The van der Waals surface area contributed by atoms with Crippen molar-refractivity contribution in [2.45, 2.75) is 40.2 Å². The van der Waals surface area contributed by atoms with Crippen LogP contribution in [0.3, 0.4) is 0 Å². The molecule has 2 N–H and O–H groups in total. The van der Waals surface area contributed by atoms with Crippen LogP contribution in [0.15, 0.2) is 4.99 Å². The Hall–Kier alpha value is -1.63. The molecule has 1 heterocycles. The van der Waals surface area contributed by atoms with Crippen LogP contribution < -0.4 is 10.6 Å². The molecule has 0 spiro atoms. The Morgan fingerprint density at radius 2 is 2.00 bits per heavy atom.